The van der Waals surface area contributed by atoms with E-state index in [9.17, 15) is 4.79 Å². The monoisotopic (exact) mass is 428 g/mol. The smallest absolute Gasteiger partial charge is 0.329 e. The Morgan fingerprint density at radius 1 is 1.14 bits per heavy atom. The molecule has 0 aliphatic heterocycles. The van der Waals surface area contributed by atoms with Crippen molar-refractivity contribution in [3.8, 4) is 11.3 Å². The van der Waals surface area contributed by atoms with E-state index in [2.05, 4.69) is 20.3 Å². The Balaban J connectivity index is 1.70. The Morgan fingerprint density at radius 2 is 1.97 bits per heavy atom. The Bertz CT molecular complexity index is 1040. The molecule has 0 unspecified atom stereocenters. The van der Waals surface area contributed by atoms with Gasteiger partial charge in [0.1, 0.15) is 0 Å². The molecule has 3 N–H and O–H groups in total. The van der Waals surface area contributed by atoms with Crippen LogP contribution in [0.4, 0.5) is 22.1 Å². The normalized spacial score (nSPS) is 13.6. The van der Waals surface area contributed by atoms with Crippen molar-refractivity contribution >= 4 is 46.6 Å². The second kappa shape index (κ2) is 8.23. The molecule has 4 rings (SSSR count). The van der Waals surface area contributed by atoms with Gasteiger partial charge in [0.15, 0.2) is 11.6 Å². The number of hydrogen-bond acceptors (Lipinski definition) is 5. The lowest BCUT2D eigenvalue weighted by molar-refractivity contribution is 0.249. The molecule has 1 saturated carbocycles. The molecule has 29 heavy (non-hydrogen) atoms. The number of benzene rings is 1. The molecule has 148 valence electrons. The molecule has 2 heterocycles. The van der Waals surface area contributed by atoms with Gasteiger partial charge in [-0.1, -0.05) is 29.3 Å². The van der Waals surface area contributed by atoms with Crippen LogP contribution in [0.1, 0.15) is 19.3 Å². The molecule has 0 bridgehead atoms. The maximum Gasteiger partial charge on any atom is 0.329 e. The number of anilines is 3. The first-order valence-electron chi connectivity index (χ1n) is 9.11. The average molecular weight is 429 g/mol. The van der Waals surface area contributed by atoms with Crippen LogP contribution in [0.15, 0.2) is 48.9 Å². The molecular formula is C20H18Cl2N6O. The minimum Gasteiger partial charge on any atom is -0.396 e. The van der Waals surface area contributed by atoms with E-state index in [1.807, 2.05) is 6.07 Å². The minimum atomic E-state index is -0.347. The largest absolute Gasteiger partial charge is 0.396 e. The van der Waals surface area contributed by atoms with Gasteiger partial charge in [-0.15, -0.1) is 0 Å². The summed E-state index contributed by atoms with van der Waals surface area (Å²) in [6.07, 6.45) is 7.35. The van der Waals surface area contributed by atoms with Crippen LogP contribution in [-0.4, -0.2) is 27.0 Å². The van der Waals surface area contributed by atoms with Crippen LogP contribution in [0.2, 0.25) is 10.0 Å². The lowest BCUT2D eigenvalue weighted by atomic mass is 9.91. The third kappa shape index (κ3) is 4.11. The Kier molecular flexibility index (Phi) is 5.51. The first-order valence-corrected chi connectivity index (χ1v) is 9.86. The van der Waals surface area contributed by atoms with Crippen LogP contribution < -0.4 is 16.0 Å². The van der Waals surface area contributed by atoms with Crippen LogP contribution in [0, 0.1) is 0 Å². The first kappa shape index (κ1) is 19.4. The highest BCUT2D eigenvalue weighted by atomic mass is 35.5. The van der Waals surface area contributed by atoms with Gasteiger partial charge in [-0.2, -0.15) is 0 Å². The number of amides is 2. The number of aromatic nitrogens is 3. The zero-order chi connectivity index (χ0) is 20.4. The van der Waals surface area contributed by atoms with Crippen molar-refractivity contribution in [3.05, 3.63) is 59.0 Å². The van der Waals surface area contributed by atoms with Crippen LogP contribution in [0.25, 0.3) is 11.3 Å². The standard InChI is InChI=1S/C20H18Cl2N6O/c21-14-5-4-12(10-15(14)22)17-7-6-16(23)19(26-17)28(13-2-1-3-13)20(29)27-18-11-24-8-9-25-18/h4-11,13H,1-3,23H2,(H,25,27,29). The number of nitrogen functional groups attached to an aromatic ring is 1. The van der Waals surface area contributed by atoms with Gasteiger partial charge in [0.2, 0.25) is 0 Å². The number of hydrogen-bond donors (Lipinski definition) is 2. The molecule has 1 fully saturated rings. The van der Waals surface area contributed by atoms with E-state index in [0.29, 0.717) is 33.1 Å². The topological polar surface area (TPSA) is 97.0 Å². The second-order valence-corrected chi connectivity index (χ2v) is 7.53. The molecule has 2 aromatic heterocycles. The van der Waals surface area contributed by atoms with E-state index >= 15 is 0 Å². The highest BCUT2D eigenvalue weighted by molar-refractivity contribution is 6.42. The van der Waals surface area contributed by atoms with E-state index in [4.69, 9.17) is 28.9 Å². The molecule has 1 aliphatic carbocycles. The number of pyridine rings is 1. The summed E-state index contributed by atoms with van der Waals surface area (Å²) in [5.41, 5.74) is 8.05. The van der Waals surface area contributed by atoms with Gasteiger partial charge < -0.3 is 5.73 Å². The lowest BCUT2D eigenvalue weighted by Gasteiger charge is -2.37. The van der Waals surface area contributed by atoms with E-state index in [1.54, 1.807) is 35.4 Å². The fourth-order valence-electron chi connectivity index (χ4n) is 3.08. The van der Waals surface area contributed by atoms with Gasteiger partial charge in [-0.3, -0.25) is 15.2 Å². The summed E-state index contributed by atoms with van der Waals surface area (Å²) in [6, 6.07) is 8.47. The number of carbonyl (C=O) groups excluding carboxylic acids is 1. The number of carbonyl (C=O) groups is 1. The van der Waals surface area contributed by atoms with Crippen molar-refractivity contribution in [2.45, 2.75) is 25.3 Å². The van der Waals surface area contributed by atoms with Gasteiger partial charge in [0.25, 0.3) is 0 Å². The third-order valence-electron chi connectivity index (χ3n) is 4.81. The quantitative estimate of drug-likeness (QED) is 0.607. The summed E-state index contributed by atoms with van der Waals surface area (Å²) < 4.78 is 0. The van der Waals surface area contributed by atoms with Crippen LogP contribution >= 0.6 is 23.2 Å². The number of nitrogens with zero attached hydrogens (tertiary/aromatic N) is 4. The zero-order valence-corrected chi connectivity index (χ0v) is 16.9. The van der Waals surface area contributed by atoms with Crippen molar-refractivity contribution < 1.29 is 4.79 Å². The van der Waals surface area contributed by atoms with Crippen LogP contribution in [-0.2, 0) is 0 Å². The Hall–Kier alpha value is -2.90. The first-order chi connectivity index (χ1) is 14.0. The van der Waals surface area contributed by atoms with Crippen molar-refractivity contribution in [3.63, 3.8) is 0 Å². The third-order valence-corrected chi connectivity index (χ3v) is 5.54. The maximum absolute atomic E-state index is 13.1. The summed E-state index contributed by atoms with van der Waals surface area (Å²) in [4.78, 5) is 27.4. The minimum absolute atomic E-state index is 0.0190. The van der Waals surface area contributed by atoms with E-state index in [-0.39, 0.29) is 12.1 Å². The number of nitrogens with two attached hydrogens (primary N) is 1. The fraction of sp³-hybridized carbons (Fsp3) is 0.200. The summed E-state index contributed by atoms with van der Waals surface area (Å²) in [5, 5.41) is 3.67. The number of rotatable bonds is 4. The molecule has 9 heteroatoms. The van der Waals surface area contributed by atoms with E-state index in [0.717, 1.165) is 24.8 Å². The zero-order valence-electron chi connectivity index (χ0n) is 15.3. The van der Waals surface area contributed by atoms with E-state index < -0.39 is 0 Å². The summed E-state index contributed by atoms with van der Waals surface area (Å²) in [5.74, 6) is 0.765. The van der Waals surface area contributed by atoms with Gasteiger partial charge in [0.05, 0.1) is 27.6 Å². The molecule has 0 radical (unpaired) electrons. The molecule has 1 aromatic carbocycles. The summed E-state index contributed by atoms with van der Waals surface area (Å²) >= 11 is 12.2. The van der Waals surface area contributed by atoms with Crippen molar-refractivity contribution in [2.24, 2.45) is 0 Å². The molecule has 2 amide bonds. The lowest BCUT2D eigenvalue weighted by Crippen LogP contribution is -2.47. The Labute approximate surface area is 177 Å². The highest BCUT2D eigenvalue weighted by Crippen LogP contribution is 2.35. The predicted octanol–water partition coefficient (Wildman–Crippen LogP) is 5.02. The molecular weight excluding hydrogens is 411 g/mol. The fourth-order valence-corrected chi connectivity index (χ4v) is 3.38. The van der Waals surface area contributed by atoms with Gasteiger partial charge in [0, 0.05) is 24.0 Å². The maximum atomic E-state index is 13.1. The van der Waals surface area contributed by atoms with Gasteiger partial charge >= 0.3 is 6.03 Å². The van der Waals surface area contributed by atoms with E-state index in [1.165, 1.54) is 12.4 Å². The molecule has 1 aliphatic rings. The van der Waals surface area contributed by atoms with Crippen molar-refractivity contribution in [2.75, 3.05) is 16.0 Å². The average Bonchev–Trinajstić information content (AvgIpc) is 2.68. The molecule has 0 saturated heterocycles. The van der Waals surface area contributed by atoms with Crippen molar-refractivity contribution in [1.82, 2.24) is 15.0 Å². The van der Waals surface area contributed by atoms with Crippen LogP contribution in [0.5, 0.6) is 0 Å². The van der Waals surface area contributed by atoms with Crippen molar-refractivity contribution in [1.29, 1.82) is 0 Å². The van der Waals surface area contributed by atoms with Crippen LogP contribution in [0.3, 0.4) is 0 Å². The highest BCUT2D eigenvalue weighted by Gasteiger charge is 2.32. The summed E-state index contributed by atoms with van der Waals surface area (Å²) in [7, 11) is 0. The number of urea groups is 1. The molecule has 3 aromatic rings. The Morgan fingerprint density at radius 3 is 2.62 bits per heavy atom. The van der Waals surface area contributed by atoms with Gasteiger partial charge in [-0.05, 0) is 43.5 Å². The molecule has 0 atom stereocenters. The molecule has 7 nitrogen and oxygen atoms in total. The SMILES string of the molecule is Nc1ccc(-c2ccc(Cl)c(Cl)c2)nc1N(C(=O)Nc1cnccn1)C1CCC1. The second-order valence-electron chi connectivity index (χ2n) is 6.71. The predicted molar refractivity (Wildman–Crippen MR) is 115 cm³/mol. The van der Waals surface area contributed by atoms with Gasteiger partial charge in [-0.25, -0.2) is 14.8 Å². The number of nitrogens with one attached hydrogen (secondary N) is 1. The molecule has 0 spiro atoms. The number of halogens is 2. The summed E-state index contributed by atoms with van der Waals surface area (Å²) in [6.45, 7) is 0.